The zero-order valence-electron chi connectivity index (χ0n) is 12.8. The Morgan fingerprint density at radius 2 is 2.09 bits per heavy atom. The minimum absolute atomic E-state index is 0.0425. The number of thiophene rings is 1. The van der Waals surface area contributed by atoms with Gasteiger partial charge >= 0.3 is 0 Å². The van der Waals surface area contributed by atoms with Crippen molar-refractivity contribution < 1.29 is 9.53 Å². The van der Waals surface area contributed by atoms with Crippen LogP contribution < -0.4 is 5.32 Å². The average Bonchev–Trinajstić information content (AvgIpc) is 2.99. The van der Waals surface area contributed by atoms with Crippen LogP contribution in [0.25, 0.3) is 0 Å². The van der Waals surface area contributed by atoms with Crippen molar-refractivity contribution in [3.8, 4) is 0 Å². The molecule has 0 spiro atoms. The fourth-order valence-electron chi connectivity index (χ4n) is 2.98. The number of carbonyl (C=O) groups is 1. The largest absolute Gasteiger partial charge is 0.373 e. The number of carbonyl (C=O) groups excluding carboxylic acids is 1. The first-order valence-electron chi connectivity index (χ1n) is 7.90. The van der Waals surface area contributed by atoms with Crippen molar-refractivity contribution in [3.63, 3.8) is 0 Å². The Morgan fingerprint density at radius 1 is 1.26 bits per heavy atom. The van der Waals surface area contributed by atoms with Gasteiger partial charge in [0, 0.05) is 23.9 Å². The molecule has 1 aromatic heterocycles. The van der Waals surface area contributed by atoms with E-state index in [2.05, 4.69) is 17.4 Å². The Labute approximate surface area is 145 Å². The number of halogens is 1. The summed E-state index contributed by atoms with van der Waals surface area (Å²) in [5.41, 5.74) is 1.19. The Bertz CT molecular complexity index is 643. The third-order valence-corrected chi connectivity index (χ3v) is 5.33. The van der Waals surface area contributed by atoms with Crippen LogP contribution in [0.1, 0.15) is 29.4 Å². The predicted molar refractivity (Wildman–Crippen MR) is 93.9 cm³/mol. The van der Waals surface area contributed by atoms with E-state index in [-0.39, 0.29) is 12.0 Å². The zero-order chi connectivity index (χ0) is 16.1. The van der Waals surface area contributed by atoms with Gasteiger partial charge in [0.15, 0.2) is 0 Å². The topological polar surface area (TPSA) is 38.3 Å². The van der Waals surface area contributed by atoms with Gasteiger partial charge in [0.1, 0.15) is 0 Å². The molecule has 0 aliphatic carbocycles. The van der Waals surface area contributed by atoms with Crippen LogP contribution in [0.5, 0.6) is 0 Å². The molecule has 0 saturated carbocycles. The predicted octanol–water partition coefficient (Wildman–Crippen LogP) is 4.23. The summed E-state index contributed by atoms with van der Waals surface area (Å²) in [4.78, 5) is 13.1. The van der Waals surface area contributed by atoms with Crippen LogP contribution in [-0.2, 0) is 16.0 Å². The summed E-state index contributed by atoms with van der Waals surface area (Å²) in [6.07, 6.45) is 2.58. The SMILES string of the molecule is O=C(Cc1ccc(Cl)s1)NCC1CCCOC1c1ccccc1. The molecule has 2 aromatic rings. The van der Waals surface area contributed by atoms with Gasteiger partial charge in [-0.25, -0.2) is 0 Å². The van der Waals surface area contributed by atoms with E-state index in [0.717, 1.165) is 28.7 Å². The second-order valence-corrected chi connectivity index (χ2v) is 7.59. The molecule has 2 atom stereocenters. The molecule has 23 heavy (non-hydrogen) atoms. The van der Waals surface area contributed by atoms with Crippen LogP contribution in [0.4, 0.5) is 0 Å². The lowest BCUT2D eigenvalue weighted by atomic mass is 9.89. The summed E-state index contributed by atoms with van der Waals surface area (Å²) in [6.45, 7) is 1.44. The summed E-state index contributed by atoms with van der Waals surface area (Å²) in [5, 5.41) is 3.05. The normalized spacial score (nSPS) is 21.1. The number of hydrogen-bond acceptors (Lipinski definition) is 3. The molecule has 3 rings (SSSR count). The molecule has 1 saturated heterocycles. The summed E-state index contributed by atoms with van der Waals surface area (Å²) in [5.74, 6) is 0.364. The third-order valence-electron chi connectivity index (χ3n) is 4.10. The molecular weight excluding hydrogens is 330 g/mol. The van der Waals surface area contributed by atoms with Crippen LogP contribution in [-0.4, -0.2) is 19.1 Å². The van der Waals surface area contributed by atoms with Gasteiger partial charge in [-0.15, -0.1) is 11.3 Å². The lowest BCUT2D eigenvalue weighted by Crippen LogP contribution is -2.35. The van der Waals surface area contributed by atoms with Gasteiger partial charge < -0.3 is 10.1 Å². The summed E-state index contributed by atoms with van der Waals surface area (Å²) in [6, 6.07) is 14.0. The maximum Gasteiger partial charge on any atom is 0.225 e. The molecule has 0 radical (unpaired) electrons. The highest BCUT2D eigenvalue weighted by molar-refractivity contribution is 7.16. The second kappa shape index (κ2) is 7.95. The first kappa shape index (κ1) is 16.5. The van der Waals surface area contributed by atoms with Crippen molar-refractivity contribution in [2.75, 3.05) is 13.2 Å². The van der Waals surface area contributed by atoms with Crippen molar-refractivity contribution in [1.82, 2.24) is 5.32 Å². The smallest absolute Gasteiger partial charge is 0.225 e. The van der Waals surface area contributed by atoms with E-state index in [9.17, 15) is 4.79 Å². The standard InChI is InChI=1S/C18H20ClNO2S/c19-16-9-8-15(23-16)11-17(21)20-12-14-7-4-10-22-18(14)13-5-2-1-3-6-13/h1-3,5-6,8-9,14,18H,4,7,10-12H2,(H,20,21). The molecule has 1 amide bonds. The maximum absolute atomic E-state index is 12.1. The highest BCUT2D eigenvalue weighted by atomic mass is 35.5. The average molecular weight is 350 g/mol. The van der Waals surface area contributed by atoms with E-state index in [4.69, 9.17) is 16.3 Å². The molecule has 122 valence electrons. The minimum Gasteiger partial charge on any atom is -0.373 e. The zero-order valence-corrected chi connectivity index (χ0v) is 14.4. The third kappa shape index (κ3) is 4.56. The number of hydrogen-bond donors (Lipinski definition) is 1. The van der Waals surface area contributed by atoms with Gasteiger partial charge in [-0.1, -0.05) is 41.9 Å². The first-order valence-corrected chi connectivity index (χ1v) is 9.09. The molecule has 3 nitrogen and oxygen atoms in total. The van der Waals surface area contributed by atoms with Crippen molar-refractivity contribution in [3.05, 3.63) is 57.2 Å². The number of amides is 1. The maximum atomic E-state index is 12.1. The Morgan fingerprint density at radius 3 is 2.83 bits per heavy atom. The van der Waals surface area contributed by atoms with E-state index in [1.807, 2.05) is 30.3 Å². The lowest BCUT2D eigenvalue weighted by Gasteiger charge is -2.32. The minimum atomic E-state index is 0.0425. The van der Waals surface area contributed by atoms with Gasteiger partial charge in [-0.3, -0.25) is 4.79 Å². The fourth-order valence-corrected chi connectivity index (χ4v) is 4.06. The summed E-state index contributed by atoms with van der Waals surface area (Å²) >= 11 is 7.35. The van der Waals surface area contributed by atoms with Gasteiger partial charge in [-0.05, 0) is 30.5 Å². The van der Waals surface area contributed by atoms with E-state index in [1.165, 1.54) is 16.9 Å². The molecule has 2 unspecified atom stereocenters. The van der Waals surface area contributed by atoms with E-state index in [0.29, 0.717) is 18.9 Å². The van der Waals surface area contributed by atoms with Crippen LogP contribution >= 0.6 is 22.9 Å². The van der Waals surface area contributed by atoms with Gasteiger partial charge in [0.2, 0.25) is 5.91 Å². The number of benzene rings is 1. The fraction of sp³-hybridized carbons (Fsp3) is 0.389. The van der Waals surface area contributed by atoms with Gasteiger partial charge in [0.25, 0.3) is 0 Å². The Balaban J connectivity index is 1.56. The molecule has 2 heterocycles. The number of nitrogens with one attached hydrogen (secondary N) is 1. The lowest BCUT2D eigenvalue weighted by molar-refractivity contribution is -0.121. The monoisotopic (exact) mass is 349 g/mol. The van der Waals surface area contributed by atoms with Gasteiger partial charge in [0.05, 0.1) is 16.9 Å². The Hall–Kier alpha value is -1.36. The summed E-state index contributed by atoms with van der Waals surface area (Å²) < 4.78 is 6.68. The van der Waals surface area contributed by atoms with Crippen LogP contribution in [0.15, 0.2) is 42.5 Å². The highest BCUT2D eigenvalue weighted by Crippen LogP contribution is 2.33. The van der Waals surface area contributed by atoms with Crippen molar-refractivity contribution >= 4 is 28.8 Å². The van der Waals surface area contributed by atoms with E-state index in [1.54, 1.807) is 0 Å². The Kier molecular flexibility index (Phi) is 5.70. The molecule has 1 aromatic carbocycles. The number of ether oxygens (including phenoxy) is 1. The van der Waals surface area contributed by atoms with Crippen molar-refractivity contribution in [2.45, 2.75) is 25.4 Å². The molecule has 0 bridgehead atoms. The van der Waals surface area contributed by atoms with Crippen LogP contribution in [0, 0.1) is 5.92 Å². The highest BCUT2D eigenvalue weighted by Gasteiger charge is 2.27. The van der Waals surface area contributed by atoms with Crippen molar-refractivity contribution in [1.29, 1.82) is 0 Å². The number of rotatable bonds is 5. The molecule has 1 aliphatic heterocycles. The molecular formula is C18H20ClNO2S. The quantitative estimate of drug-likeness (QED) is 0.877. The van der Waals surface area contributed by atoms with E-state index >= 15 is 0 Å². The van der Waals surface area contributed by atoms with Crippen molar-refractivity contribution in [2.24, 2.45) is 5.92 Å². The molecule has 5 heteroatoms. The second-order valence-electron chi connectivity index (χ2n) is 5.79. The molecule has 1 N–H and O–H groups in total. The van der Waals surface area contributed by atoms with Gasteiger partial charge in [-0.2, -0.15) is 0 Å². The van der Waals surface area contributed by atoms with E-state index < -0.39 is 0 Å². The summed E-state index contributed by atoms with van der Waals surface area (Å²) in [7, 11) is 0. The van der Waals surface area contributed by atoms with Crippen LogP contribution in [0.2, 0.25) is 4.34 Å². The molecule has 1 aliphatic rings. The van der Waals surface area contributed by atoms with Crippen LogP contribution in [0.3, 0.4) is 0 Å². The molecule has 1 fully saturated rings. The first-order chi connectivity index (χ1) is 11.2.